The molecule has 0 aliphatic heterocycles. The van der Waals surface area contributed by atoms with E-state index in [0.29, 0.717) is 0 Å². The van der Waals surface area contributed by atoms with E-state index >= 15 is 0 Å². The molecular weight excluding hydrogens is 459 g/mol. The minimum absolute atomic E-state index is 0.194. The first-order valence-electron chi connectivity index (χ1n) is 7.99. The Morgan fingerprint density at radius 2 is 1.07 bits per heavy atom. The molecule has 0 fully saturated rings. The summed E-state index contributed by atoms with van der Waals surface area (Å²) < 4.78 is 10.3. The van der Waals surface area contributed by atoms with Gasteiger partial charge in [0.1, 0.15) is 11.5 Å². The molecule has 3 aromatic rings. The summed E-state index contributed by atoms with van der Waals surface area (Å²) >= 11 is 1.83. The zero-order valence-electron chi connectivity index (χ0n) is 15.2. The summed E-state index contributed by atoms with van der Waals surface area (Å²) in [6.45, 7) is 0. The molecule has 0 unspecified atom stereocenters. The third-order valence-electron chi connectivity index (χ3n) is 3.47. The molecule has 8 heteroatoms. The van der Waals surface area contributed by atoms with Gasteiger partial charge in [-0.2, -0.15) is 0 Å². The second-order valence-corrected chi connectivity index (χ2v) is 8.17. The van der Waals surface area contributed by atoms with Crippen molar-refractivity contribution >= 4 is 55.3 Å². The summed E-state index contributed by atoms with van der Waals surface area (Å²) in [5, 5.41) is 0. The van der Waals surface area contributed by atoms with E-state index in [4.69, 9.17) is 29.7 Å². The third kappa shape index (κ3) is 7.66. The van der Waals surface area contributed by atoms with Crippen molar-refractivity contribution < 1.29 is 22.6 Å². The number of thiophene rings is 1. The molecule has 0 aliphatic rings. The number of rotatable bonds is 6. The Bertz CT molecular complexity index is 825. The molecular formula is C20H18Cl2FeN2O2S. The number of methoxy groups -OCH3 is 2. The average molecular weight is 477 g/mol. The number of halogens is 2. The van der Waals surface area contributed by atoms with Gasteiger partial charge in [0.25, 0.3) is 0 Å². The normalized spacial score (nSPS) is 10.9. The monoisotopic (exact) mass is 476 g/mol. The summed E-state index contributed by atoms with van der Waals surface area (Å²) in [6.07, 6.45) is 3.72. The first-order valence-corrected chi connectivity index (χ1v) is 11.8. The quantitative estimate of drug-likeness (QED) is 0.295. The molecule has 3 rings (SSSR count). The number of nitrogens with zero attached hydrogens (tertiary/aromatic N) is 2. The van der Waals surface area contributed by atoms with Gasteiger partial charge in [0.2, 0.25) is 0 Å². The van der Waals surface area contributed by atoms with Crippen LogP contribution in [0.4, 0.5) is 11.4 Å². The van der Waals surface area contributed by atoms with Gasteiger partial charge in [0, 0.05) is 22.2 Å². The Labute approximate surface area is 183 Å². The average Bonchev–Trinajstić information content (AvgIpc) is 3.20. The molecule has 0 amide bonds. The van der Waals surface area contributed by atoms with E-state index in [9.17, 15) is 0 Å². The van der Waals surface area contributed by atoms with Gasteiger partial charge in [0.15, 0.2) is 0 Å². The maximum atomic E-state index is 5.14. The minimum atomic E-state index is 0.194. The molecule has 0 N–H and O–H groups in total. The van der Waals surface area contributed by atoms with E-state index in [-0.39, 0.29) is 13.1 Å². The fourth-order valence-corrected chi connectivity index (χ4v) is 2.88. The van der Waals surface area contributed by atoms with Gasteiger partial charge in [-0.3, -0.25) is 9.98 Å². The van der Waals surface area contributed by atoms with Crippen LogP contribution in [0.5, 0.6) is 11.5 Å². The van der Waals surface area contributed by atoms with Crippen LogP contribution in [-0.4, -0.2) is 26.6 Å². The standard InChI is InChI=1S/C20H18N2O2S.2ClH.Fe/c1-23-17-7-3-15(4-8-17)21-13-19-11-12-20(25-19)14-22-16-5-9-18(24-2)10-6-16;;;/h3-14H,1-2H3;2*1H;/q;;;+2/p-2. The van der Waals surface area contributed by atoms with Gasteiger partial charge >= 0.3 is 33.3 Å². The van der Waals surface area contributed by atoms with E-state index in [2.05, 4.69) is 9.98 Å². The van der Waals surface area contributed by atoms with Crippen molar-refractivity contribution in [1.82, 2.24) is 0 Å². The molecule has 0 bridgehead atoms. The molecule has 0 radical (unpaired) electrons. The summed E-state index contributed by atoms with van der Waals surface area (Å²) in [6, 6.07) is 19.4. The summed E-state index contributed by atoms with van der Waals surface area (Å²) in [7, 11) is 12.8. The first kappa shape index (κ1) is 22.5. The summed E-state index contributed by atoms with van der Waals surface area (Å²) in [5.74, 6) is 1.65. The van der Waals surface area contributed by atoms with Crippen molar-refractivity contribution in [1.29, 1.82) is 0 Å². The van der Waals surface area contributed by atoms with Crippen molar-refractivity contribution in [2.24, 2.45) is 9.98 Å². The van der Waals surface area contributed by atoms with Gasteiger partial charge in [0.05, 0.1) is 25.6 Å². The van der Waals surface area contributed by atoms with Crippen LogP contribution in [0.2, 0.25) is 0 Å². The molecule has 1 heterocycles. The van der Waals surface area contributed by atoms with Crippen molar-refractivity contribution in [3.63, 3.8) is 0 Å². The number of hydrogen-bond acceptors (Lipinski definition) is 5. The van der Waals surface area contributed by atoms with Crippen LogP contribution in [0, 0.1) is 0 Å². The number of benzene rings is 2. The molecule has 4 nitrogen and oxygen atoms in total. The van der Waals surface area contributed by atoms with Crippen LogP contribution < -0.4 is 9.47 Å². The predicted molar refractivity (Wildman–Crippen MR) is 117 cm³/mol. The van der Waals surface area contributed by atoms with E-state index in [1.54, 1.807) is 25.6 Å². The van der Waals surface area contributed by atoms with E-state index in [0.717, 1.165) is 32.6 Å². The summed E-state index contributed by atoms with van der Waals surface area (Å²) in [4.78, 5) is 11.1. The molecule has 0 spiro atoms. The van der Waals surface area contributed by atoms with Crippen LogP contribution >= 0.6 is 31.5 Å². The zero-order valence-corrected chi connectivity index (χ0v) is 18.6. The molecule has 148 valence electrons. The Morgan fingerprint density at radius 3 is 1.39 bits per heavy atom. The van der Waals surface area contributed by atoms with Gasteiger partial charge < -0.3 is 9.47 Å². The number of aliphatic imine (C=N–C) groups is 2. The summed E-state index contributed by atoms with van der Waals surface area (Å²) in [5.41, 5.74) is 1.78. The van der Waals surface area contributed by atoms with Crippen LogP contribution in [0.15, 0.2) is 70.6 Å². The number of ether oxygens (including phenoxy) is 2. The van der Waals surface area contributed by atoms with E-state index in [1.165, 1.54) is 0 Å². The van der Waals surface area contributed by atoms with Gasteiger partial charge in [-0.05, 0) is 60.7 Å². The maximum absolute atomic E-state index is 5.14. The van der Waals surface area contributed by atoms with E-state index < -0.39 is 0 Å². The SMILES string of the molecule is COc1ccc(N=Cc2ccc(C=Nc3ccc(OC)cc3)s2)cc1.[Cl][Fe][Cl]. The van der Waals surface area contributed by atoms with Gasteiger partial charge in [-0.25, -0.2) is 0 Å². The first-order chi connectivity index (χ1) is 13.7. The van der Waals surface area contributed by atoms with Gasteiger partial charge in [-0.1, -0.05) is 0 Å². The van der Waals surface area contributed by atoms with Crippen LogP contribution in [0.1, 0.15) is 9.75 Å². The van der Waals surface area contributed by atoms with Crippen LogP contribution in [-0.2, 0) is 13.1 Å². The Kier molecular flexibility index (Phi) is 10.1. The van der Waals surface area contributed by atoms with Crippen molar-refractivity contribution in [2.75, 3.05) is 14.2 Å². The number of hydrogen-bond donors (Lipinski definition) is 0. The molecule has 0 atom stereocenters. The van der Waals surface area contributed by atoms with Crippen molar-refractivity contribution in [3.8, 4) is 11.5 Å². The molecule has 0 saturated carbocycles. The fourth-order valence-electron chi connectivity index (χ4n) is 2.12. The Morgan fingerprint density at radius 1 is 0.714 bits per heavy atom. The Balaban J connectivity index is 0.000000878. The molecule has 2 aromatic carbocycles. The molecule has 0 saturated heterocycles. The van der Waals surface area contributed by atoms with Crippen molar-refractivity contribution in [3.05, 3.63) is 70.4 Å². The van der Waals surface area contributed by atoms with Crippen LogP contribution in [0.25, 0.3) is 0 Å². The fraction of sp³-hybridized carbons (Fsp3) is 0.100. The predicted octanol–water partition coefficient (Wildman–Crippen LogP) is 6.64. The van der Waals surface area contributed by atoms with Gasteiger partial charge in [-0.15, -0.1) is 11.3 Å². The Hall–Kier alpha value is -1.82. The second-order valence-electron chi connectivity index (χ2n) is 5.20. The molecule has 28 heavy (non-hydrogen) atoms. The molecule has 0 aliphatic carbocycles. The third-order valence-corrected chi connectivity index (χ3v) is 4.43. The molecule has 1 aromatic heterocycles. The zero-order chi connectivity index (χ0) is 20.2. The van der Waals surface area contributed by atoms with Crippen molar-refractivity contribution in [2.45, 2.75) is 0 Å². The van der Waals surface area contributed by atoms with E-state index in [1.807, 2.05) is 73.1 Å². The van der Waals surface area contributed by atoms with Crippen LogP contribution in [0.3, 0.4) is 0 Å². The second kappa shape index (κ2) is 12.6. The topological polar surface area (TPSA) is 43.2 Å².